The lowest BCUT2D eigenvalue weighted by Crippen LogP contribution is -2.35. The normalized spacial score (nSPS) is 33.7. The number of nitrogens with two attached hydrogens (primary N) is 1. The van der Waals surface area contributed by atoms with Gasteiger partial charge in [0.15, 0.2) is 0 Å². The van der Waals surface area contributed by atoms with E-state index in [9.17, 15) is 4.79 Å². The van der Waals surface area contributed by atoms with Gasteiger partial charge in [-0.1, -0.05) is 0 Å². The average molecular weight is 159 g/mol. The highest BCUT2D eigenvalue weighted by molar-refractivity contribution is 7.99. The van der Waals surface area contributed by atoms with Crippen molar-refractivity contribution in [2.45, 2.75) is 18.9 Å². The molecular weight excluding hydrogens is 146 g/mol. The predicted molar refractivity (Wildman–Crippen MR) is 44.1 cm³/mol. The number of thioether (sulfide) groups is 1. The van der Waals surface area contributed by atoms with Gasteiger partial charge < -0.3 is 10.5 Å². The van der Waals surface area contributed by atoms with Gasteiger partial charge in [0, 0.05) is 12.5 Å². The summed E-state index contributed by atoms with van der Waals surface area (Å²) in [7, 11) is 0. The van der Waals surface area contributed by atoms with Crippen molar-refractivity contribution < 1.29 is 4.79 Å². The largest absolute Gasteiger partial charge is 0.327 e. The molecule has 0 bridgehead atoms. The van der Waals surface area contributed by atoms with E-state index in [0.717, 1.165) is 24.2 Å². The monoisotopic (exact) mass is 159 g/mol. The fraction of sp³-hybridized carbons (Fsp3) is 0.857. The molecule has 0 aromatic rings. The van der Waals surface area contributed by atoms with Crippen LogP contribution in [0.25, 0.3) is 0 Å². The van der Waals surface area contributed by atoms with E-state index < -0.39 is 0 Å². The third kappa shape index (κ3) is 1.99. The molecule has 1 saturated heterocycles. The quantitative estimate of drug-likeness (QED) is 0.602. The molecule has 1 aliphatic heterocycles. The van der Waals surface area contributed by atoms with Crippen molar-refractivity contribution in [1.82, 2.24) is 0 Å². The van der Waals surface area contributed by atoms with E-state index in [-0.39, 0.29) is 6.04 Å². The predicted octanol–water partition coefficient (Wildman–Crippen LogP) is 0.656. The summed E-state index contributed by atoms with van der Waals surface area (Å²) in [6.07, 6.45) is 2.70. The van der Waals surface area contributed by atoms with Crippen LogP contribution >= 0.6 is 11.8 Å². The SMILES string of the molecule is NC1CCSCC1CC=O. The molecule has 3 heteroatoms. The second-order valence-corrected chi connectivity index (χ2v) is 3.84. The Bertz CT molecular complexity index is 118. The highest BCUT2D eigenvalue weighted by Crippen LogP contribution is 2.23. The Labute approximate surface area is 65.5 Å². The van der Waals surface area contributed by atoms with Gasteiger partial charge in [-0.15, -0.1) is 0 Å². The summed E-state index contributed by atoms with van der Waals surface area (Å²) in [5.41, 5.74) is 5.79. The molecule has 0 amide bonds. The fourth-order valence-corrected chi connectivity index (χ4v) is 2.47. The zero-order valence-electron chi connectivity index (χ0n) is 5.95. The van der Waals surface area contributed by atoms with E-state index in [4.69, 9.17) is 5.73 Å². The van der Waals surface area contributed by atoms with Gasteiger partial charge >= 0.3 is 0 Å². The minimum absolute atomic E-state index is 0.270. The lowest BCUT2D eigenvalue weighted by atomic mass is 9.97. The van der Waals surface area contributed by atoms with Gasteiger partial charge in [-0.3, -0.25) is 0 Å². The first-order valence-electron chi connectivity index (χ1n) is 3.61. The maximum absolute atomic E-state index is 10.2. The summed E-state index contributed by atoms with van der Waals surface area (Å²) in [6.45, 7) is 0. The summed E-state index contributed by atoms with van der Waals surface area (Å²) in [5, 5.41) is 0. The molecule has 10 heavy (non-hydrogen) atoms. The third-order valence-electron chi connectivity index (χ3n) is 1.93. The summed E-state index contributed by atoms with van der Waals surface area (Å²) < 4.78 is 0. The number of rotatable bonds is 2. The average Bonchev–Trinajstić information content (AvgIpc) is 1.94. The molecule has 0 spiro atoms. The smallest absolute Gasteiger partial charge is 0.120 e. The van der Waals surface area contributed by atoms with E-state index in [2.05, 4.69) is 0 Å². The first kappa shape index (κ1) is 8.08. The van der Waals surface area contributed by atoms with E-state index in [1.54, 1.807) is 0 Å². The number of aldehydes is 1. The maximum atomic E-state index is 10.2. The number of hydrogen-bond acceptors (Lipinski definition) is 3. The molecule has 0 aromatic carbocycles. The lowest BCUT2D eigenvalue weighted by Gasteiger charge is -2.26. The minimum atomic E-state index is 0.270. The Morgan fingerprint density at radius 2 is 2.50 bits per heavy atom. The van der Waals surface area contributed by atoms with Crippen LogP contribution in [0.4, 0.5) is 0 Å². The highest BCUT2D eigenvalue weighted by Gasteiger charge is 2.20. The standard InChI is InChI=1S/C7H13NOS/c8-7-2-4-10-5-6(7)1-3-9/h3,6-7H,1-2,4-5,8H2. The molecular formula is C7H13NOS. The molecule has 2 nitrogen and oxygen atoms in total. The van der Waals surface area contributed by atoms with Crippen molar-refractivity contribution in [2.24, 2.45) is 11.7 Å². The Morgan fingerprint density at radius 3 is 3.10 bits per heavy atom. The van der Waals surface area contributed by atoms with Gasteiger partial charge in [0.05, 0.1) is 0 Å². The lowest BCUT2D eigenvalue weighted by molar-refractivity contribution is -0.108. The molecule has 1 fully saturated rings. The Balaban J connectivity index is 2.32. The zero-order chi connectivity index (χ0) is 7.40. The van der Waals surface area contributed by atoms with Crippen molar-refractivity contribution >= 4 is 18.0 Å². The Hall–Kier alpha value is -0.0200. The van der Waals surface area contributed by atoms with Crippen LogP contribution in [-0.4, -0.2) is 23.8 Å². The molecule has 0 aromatic heterocycles. The minimum Gasteiger partial charge on any atom is -0.327 e. The van der Waals surface area contributed by atoms with Gasteiger partial charge in [0.1, 0.15) is 6.29 Å². The first-order chi connectivity index (χ1) is 4.84. The summed E-state index contributed by atoms with van der Waals surface area (Å²) >= 11 is 1.91. The fourth-order valence-electron chi connectivity index (χ4n) is 1.18. The van der Waals surface area contributed by atoms with Crippen LogP contribution in [0, 0.1) is 5.92 Å². The molecule has 2 unspecified atom stereocenters. The summed E-state index contributed by atoms with van der Waals surface area (Å²) in [6, 6.07) is 0.270. The third-order valence-corrected chi connectivity index (χ3v) is 3.12. The van der Waals surface area contributed by atoms with Gasteiger partial charge in [-0.25, -0.2) is 0 Å². The summed E-state index contributed by atoms with van der Waals surface area (Å²) in [5.74, 6) is 2.67. The summed E-state index contributed by atoms with van der Waals surface area (Å²) in [4.78, 5) is 10.2. The van der Waals surface area contributed by atoms with Crippen molar-refractivity contribution in [3.8, 4) is 0 Å². The molecule has 1 rings (SSSR count). The molecule has 0 saturated carbocycles. The van der Waals surface area contributed by atoms with Crippen LogP contribution in [0.5, 0.6) is 0 Å². The molecule has 1 heterocycles. The van der Waals surface area contributed by atoms with E-state index in [0.29, 0.717) is 12.3 Å². The molecule has 58 valence electrons. The molecule has 1 aliphatic rings. The molecule has 0 radical (unpaired) electrons. The Kier molecular flexibility index (Phi) is 3.22. The molecule has 2 N–H and O–H groups in total. The zero-order valence-corrected chi connectivity index (χ0v) is 6.77. The van der Waals surface area contributed by atoms with Crippen LogP contribution in [0.2, 0.25) is 0 Å². The first-order valence-corrected chi connectivity index (χ1v) is 4.77. The number of hydrogen-bond donors (Lipinski definition) is 1. The second kappa shape index (κ2) is 3.98. The van der Waals surface area contributed by atoms with Crippen LogP contribution in [0.15, 0.2) is 0 Å². The Morgan fingerprint density at radius 1 is 1.70 bits per heavy atom. The van der Waals surface area contributed by atoms with Crippen LogP contribution in [0.1, 0.15) is 12.8 Å². The van der Waals surface area contributed by atoms with Crippen LogP contribution in [0.3, 0.4) is 0 Å². The number of carbonyl (C=O) groups is 1. The van der Waals surface area contributed by atoms with Crippen LogP contribution in [-0.2, 0) is 4.79 Å². The van der Waals surface area contributed by atoms with Crippen LogP contribution < -0.4 is 5.73 Å². The van der Waals surface area contributed by atoms with Crippen molar-refractivity contribution in [2.75, 3.05) is 11.5 Å². The number of carbonyl (C=O) groups excluding carboxylic acids is 1. The molecule has 2 atom stereocenters. The van der Waals surface area contributed by atoms with Gasteiger partial charge in [-0.05, 0) is 23.8 Å². The van der Waals surface area contributed by atoms with E-state index in [1.165, 1.54) is 0 Å². The van der Waals surface area contributed by atoms with Crippen molar-refractivity contribution in [3.05, 3.63) is 0 Å². The van der Waals surface area contributed by atoms with Crippen molar-refractivity contribution in [3.63, 3.8) is 0 Å². The van der Waals surface area contributed by atoms with E-state index >= 15 is 0 Å². The second-order valence-electron chi connectivity index (χ2n) is 2.69. The topological polar surface area (TPSA) is 43.1 Å². The maximum Gasteiger partial charge on any atom is 0.120 e. The van der Waals surface area contributed by atoms with Gasteiger partial charge in [-0.2, -0.15) is 11.8 Å². The highest BCUT2D eigenvalue weighted by atomic mass is 32.2. The molecule has 0 aliphatic carbocycles. The van der Waals surface area contributed by atoms with Gasteiger partial charge in [0.25, 0.3) is 0 Å². The van der Waals surface area contributed by atoms with Crippen molar-refractivity contribution in [1.29, 1.82) is 0 Å². The van der Waals surface area contributed by atoms with Gasteiger partial charge in [0.2, 0.25) is 0 Å². The van der Waals surface area contributed by atoms with E-state index in [1.807, 2.05) is 11.8 Å².